The van der Waals surface area contributed by atoms with E-state index in [0.717, 1.165) is 16.7 Å². The highest BCUT2D eigenvalue weighted by Gasteiger charge is 2.11. The molecule has 0 radical (unpaired) electrons. The molecule has 0 atom stereocenters. The van der Waals surface area contributed by atoms with Gasteiger partial charge < -0.3 is 4.42 Å². The minimum Gasteiger partial charge on any atom is -0.455 e. The number of hydrogen-bond donors (Lipinski definition) is 0. The van der Waals surface area contributed by atoms with E-state index in [1.807, 2.05) is 12.1 Å². The topological polar surface area (TPSA) is 13.1 Å². The summed E-state index contributed by atoms with van der Waals surface area (Å²) in [5, 5.41) is 2.35. The fraction of sp³-hybridized carbons (Fsp3) is 0. The minimum absolute atomic E-state index is 0.945. The summed E-state index contributed by atoms with van der Waals surface area (Å²) in [4.78, 5) is 0. The first-order valence-corrected chi connectivity index (χ1v) is 7.57. The molecule has 0 saturated carbocycles. The Hall–Kier alpha value is -1.81. The molecule has 0 spiro atoms. The number of para-hydroxylation sites is 2. The van der Waals surface area contributed by atoms with E-state index in [4.69, 9.17) is 4.42 Å². The summed E-state index contributed by atoms with van der Waals surface area (Å²) in [7, 11) is 0. The van der Waals surface area contributed by atoms with Crippen molar-refractivity contribution in [1.29, 1.82) is 0 Å². The molecule has 0 aliphatic heterocycles. The zero-order valence-corrected chi connectivity index (χ0v) is 12.8. The lowest BCUT2D eigenvalue weighted by Gasteiger charge is -2.02. The van der Waals surface area contributed by atoms with Crippen LogP contribution in [0.1, 0.15) is 0 Å². The zero-order chi connectivity index (χ0) is 13.5. The summed E-state index contributed by atoms with van der Waals surface area (Å²) in [5.41, 5.74) is 4.25. The molecule has 1 nitrogen and oxygen atoms in total. The molecular formula is C18H11IO. The van der Waals surface area contributed by atoms with E-state index in [2.05, 4.69) is 77.2 Å². The summed E-state index contributed by atoms with van der Waals surface area (Å²) in [6.45, 7) is 0. The Kier molecular flexibility index (Phi) is 2.77. The average molecular weight is 370 g/mol. The minimum atomic E-state index is 0.945. The normalized spacial score (nSPS) is 11.2. The number of halogens is 1. The van der Waals surface area contributed by atoms with Gasteiger partial charge in [0.1, 0.15) is 11.2 Å². The zero-order valence-electron chi connectivity index (χ0n) is 10.6. The van der Waals surface area contributed by atoms with Crippen molar-refractivity contribution >= 4 is 44.5 Å². The third-order valence-corrected chi connectivity index (χ3v) is 4.28. The van der Waals surface area contributed by atoms with E-state index in [1.54, 1.807) is 0 Å². The second-order valence-corrected chi connectivity index (χ2v) is 6.03. The molecule has 0 amide bonds. The second kappa shape index (κ2) is 4.63. The largest absolute Gasteiger partial charge is 0.455 e. The maximum absolute atomic E-state index is 6.07. The lowest BCUT2D eigenvalue weighted by atomic mass is 10.0. The molecular weight excluding hydrogens is 359 g/mol. The third-order valence-electron chi connectivity index (χ3n) is 3.56. The predicted octanol–water partition coefficient (Wildman–Crippen LogP) is 5.86. The lowest BCUT2D eigenvalue weighted by Crippen LogP contribution is -1.79. The molecule has 4 rings (SSSR count). The monoisotopic (exact) mass is 370 g/mol. The Balaban J connectivity index is 2.07. The maximum atomic E-state index is 6.07. The van der Waals surface area contributed by atoms with Crippen molar-refractivity contribution in [3.05, 3.63) is 70.3 Å². The molecule has 0 saturated heterocycles. The smallest absolute Gasteiger partial charge is 0.143 e. The third kappa shape index (κ3) is 1.83. The van der Waals surface area contributed by atoms with E-state index in [-0.39, 0.29) is 0 Å². The van der Waals surface area contributed by atoms with E-state index >= 15 is 0 Å². The molecule has 4 aromatic rings. The van der Waals surface area contributed by atoms with E-state index in [9.17, 15) is 0 Å². The molecule has 3 aromatic carbocycles. The SMILES string of the molecule is Ic1ccc(-c2cccc3c2oc2ccccc23)cc1. The molecule has 96 valence electrons. The van der Waals surface area contributed by atoms with Gasteiger partial charge in [0, 0.05) is 19.9 Å². The van der Waals surface area contributed by atoms with Crippen molar-refractivity contribution in [1.82, 2.24) is 0 Å². The molecule has 2 heteroatoms. The molecule has 1 heterocycles. The number of rotatable bonds is 1. The highest BCUT2D eigenvalue weighted by atomic mass is 127. The Morgan fingerprint density at radius 1 is 0.700 bits per heavy atom. The summed E-state index contributed by atoms with van der Waals surface area (Å²) in [6, 6.07) is 23.1. The summed E-state index contributed by atoms with van der Waals surface area (Å²) >= 11 is 2.32. The van der Waals surface area contributed by atoms with Crippen LogP contribution in [0.3, 0.4) is 0 Å². The average Bonchev–Trinajstić information content (AvgIpc) is 2.87. The van der Waals surface area contributed by atoms with Gasteiger partial charge in [-0.05, 0) is 46.4 Å². The van der Waals surface area contributed by atoms with Crippen LogP contribution in [0, 0.1) is 3.57 Å². The van der Waals surface area contributed by atoms with Gasteiger partial charge in [0.15, 0.2) is 0 Å². The molecule has 0 bridgehead atoms. The first-order chi connectivity index (χ1) is 9.83. The van der Waals surface area contributed by atoms with E-state index < -0.39 is 0 Å². The summed E-state index contributed by atoms with van der Waals surface area (Å²) in [5.74, 6) is 0. The van der Waals surface area contributed by atoms with Crippen molar-refractivity contribution in [2.24, 2.45) is 0 Å². The van der Waals surface area contributed by atoms with E-state index in [1.165, 1.54) is 19.9 Å². The Morgan fingerprint density at radius 3 is 2.30 bits per heavy atom. The van der Waals surface area contributed by atoms with Crippen LogP contribution in [0.2, 0.25) is 0 Å². The van der Waals surface area contributed by atoms with Crippen LogP contribution >= 0.6 is 22.6 Å². The van der Waals surface area contributed by atoms with E-state index in [0.29, 0.717) is 0 Å². The summed E-state index contributed by atoms with van der Waals surface area (Å²) in [6.07, 6.45) is 0. The van der Waals surface area contributed by atoms with Crippen molar-refractivity contribution < 1.29 is 4.42 Å². The van der Waals surface area contributed by atoms with Gasteiger partial charge in [0.25, 0.3) is 0 Å². The predicted molar refractivity (Wildman–Crippen MR) is 91.9 cm³/mol. The molecule has 20 heavy (non-hydrogen) atoms. The van der Waals surface area contributed by atoms with Gasteiger partial charge in [0.2, 0.25) is 0 Å². The van der Waals surface area contributed by atoms with Crippen LogP contribution in [0.25, 0.3) is 33.1 Å². The summed E-state index contributed by atoms with van der Waals surface area (Å²) < 4.78 is 7.31. The molecule has 0 aliphatic rings. The fourth-order valence-corrected chi connectivity index (χ4v) is 2.96. The number of fused-ring (bicyclic) bond motifs is 3. The van der Waals surface area contributed by atoms with Crippen molar-refractivity contribution in [3.63, 3.8) is 0 Å². The number of benzene rings is 3. The fourth-order valence-electron chi connectivity index (χ4n) is 2.60. The molecule has 0 N–H and O–H groups in total. The van der Waals surface area contributed by atoms with Crippen LogP contribution in [0.15, 0.2) is 71.1 Å². The lowest BCUT2D eigenvalue weighted by molar-refractivity contribution is 0.670. The molecule has 0 aliphatic carbocycles. The van der Waals surface area contributed by atoms with Crippen molar-refractivity contribution in [3.8, 4) is 11.1 Å². The van der Waals surface area contributed by atoms with Gasteiger partial charge in [-0.15, -0.1) is 0 Å². The Morgan fingerprint density at radius 2 is 1.45 bits per heavy atom. The maximum Gasteiger partial charge on any atom is 0.143 e. The quantitative estimate of drug-likeness (QED) is 0.383. The van der Waals surface area contributed by atoms with Crippen LogP contribution in [-0.2, 0) is 0 Å². The Labute approximate surface area is 130 Å². The van der Waals surface area contributed by atoms with Gasteiger partial charge in [-0.25, -0.2) is 0 Å². The van der Waals surface area contributed by atoms with Crippen LogP contribution in [-0.4, -0.2) is 0 Å². The van der Waals surface area contributed by atoms with Gasteiger partial charge in [-0.2, -0.15) is 0 Å². The van der Waals surface area contributed by atoms with Crippen LogP contribution in [0.5, 0.6) is 0 Å². The second-order valence-electron chi connectivity index (χ2n) is 4.79. The standard InChI is InChI=1S/C18H11IO/c19-13-10-8-12(9-11-13)14-5-3-6-16-15-4-1-2-7-17(15)20-18(14)16/h1-11H. The molecule has 0 unspecified atom stereocenters. The van der Waals surface area contributed by atoms with Crippen LogP contribution in [0.4, 0.5) is 0 Å². The van der Waals surface area contributed by atoms with Crippen LogP contribution < -0.4 is 0 Å². The first-order valence-electron chi connectivity index (χ1n) is 6.49. The van der Waals surface area contributed by atoms with Crippen molar-refractivity contribution in [2.75, 3.05) is 0 Å². The highest BCUT2D eigenvalue weighted by molar-refractivity contribution is 14.1. The highest BCUT2D eigenvalue weighted by Crippen LogP contribution is 2.35. The van der Waals surface area contributed by atoms with Gasteiger partial charge in [-0.1, -0.05) is 48.5 Å². The number of furan rings is 1. The first kappa shape index (κ1) is 12.0. The number of hydrogen-bond acceptors (Lipinski definition) is 1. The molecule has 0 fully saturated rings. The van der Waals surface area contributed by atoms with Gasteiger partial charge in [0.05, 0.1) is 0 Å². The Bertz CT molecular complexity index is 904. The molecule has 1 aromatic heterocycles. The van der Waals surface area contributed by atoms with Gasteiger partial charge >= 0.3 is 0 Å². The van der Waals surface area contributed by atoms with Crippen molar-refractivity contribution in [2.45, 2.75) is 0 Å². The van der Waals surface area contributed by atoms with Gasteiger partial charge in [-0.3, -0.25) is 0 Å².